The third-order valence-electron chi connectivity index (χ3n) is 3.64. The molecule has 3 aromatic rings. The summed E-state index contributed by atoms with van der Waals surface area (Å²) >= 11 is 6.68. The lowest BCUT2D eigenvalue weighted by atomic mass is 10.0. The first kappa shape index (κ1) is 17.3. The van der Waals surface area contributed by atoms with Crippen LogP contribution in [0, 0.1) is 20.8 Å². The number of carbonyl (C=O) groups is 1. The normalized spacial score (nSPS) is 10.5. The van der Waals surface area contributed by atoms with E-state index in [4.69, 9.17) is 16.6 Å². The van der Waals surface area contributed by atoms with E-state index in [0.717, 1.165) is 16.1 Å². The van der Waals surface area contributed by atoms with Crippen molar-refractivity contribution in [3.05, 3.63) is 58.4 Å². The van der Waals surface area contributed by atoms with Gasteiger partial charge in [0.25, 0.3) is 5.91 Å². The highest BCUT2D eigenvalue weighted by Crippen LogP contribution is 2.32. The largest absolute Gasteiger partial charge is 0.459 e. The maximum atomic E-state index is 11.9. The van der Waals surface area contributed by atoms with E-state index < -0.39 is 5.91 Å². The van der Waals surface area contributed by atoms with Gasteiger partial charge in [0.15, 0.2) is 16.0 Å². The van der Waals surface area contributed by atoms with Crippen molar-refractivity contribution >= 4 is 39.7 Å². The quantitative estimate of drug-likeness (QED) is 0.666. The number of amides is 1. The topological polar surface area (TPSA) is 67.2 Å². The molecule has 1 aromatic carbocycles. The van der Waals surface area contributed by atoms with E-state index in [-0.39, 0.29) is 10.9 Å². The van der Waals surface area contributed by atoms with Crippen LogP contribution in [-0.4, -0.2) is 16.0 Å². The molecular formula is C18H17N3O2S2. The second kappa shape index (κ2) is 7.16. The summed E-state index contributed by atoms with van der Waals surface area (Å²) in [4.78, 5) is 17.6. The molecule has 0 atom stereocenters. The first-order chi connectivity index (χ1) is 11.9. The zero-order valence-electron chi connectivity index (χ0n) is 14.0. The summed E-state index contributed by atoms with van der Waals surface area (Å²) in [5.41, 5.74) is 4.38. The first-order valence-corrected chi connectivity index (χ1v) is 8.87. The molecule has 0 bridgehead atoms. The molecular weight excluding hydrogens is 354 g/mol. The summed E-state index contributed by atoms with van der Waals surface area (Å²) in [6.45, 7) is 6.14. The minimum Gasteiger partial charge on any atom is -0.459 e. The van der Waals surface area contributed by atoms with E-state index in [1.165, 1.54) is 28.7 Å². The predicted octanol–water partition coefficient (Wildman–Crippen LogP) is 4.46. The molecule has 0 aliphatic rings. The van der Waals surface area contributed by atoms with Gasteiger partial charge in [0.2, 0.25) is 0 Å². The molecule has 0 saturated carbocycles. The van der Waals surface area contributed by atoms with E-state index in [9.17, 15) is 4.79 Å². The Morgan fingerprint density at radius 3 is 2.76 bits per heavy atom. The molecule has 25 heavy (non-hydrogen) atoms. The van der Waals surface area contributed by atoms with Gasteiger partial charge in [-0.05, 0) is 56.8 Å². The van der Waals surface area contributed by atoms with E-state index in [2.05, 4.69) is 47.7 Å². The number of anilines is 1. The number of hydrogen-bond acceptors (Lipinski definition) is 5. The highest BCUT2D eigenvalue weighted by Gasteiger charge is 2.15. The van der Waals surface area contributed by atoms with Crippen molar-refractivity contribution in [3.63, 3.8) is 0 Å². The second-order valence-corrected chi connectivity index (χ2v) is 7.24. The first-order valence-electron chi connectivity index (χ1n) is 7.65. The summed E-state index contributed by atoms with van der Waals surface area (Å²) in [5.74, 6) is -0.193. The molecule has 0 unspecified atom stereocenters. The zero-order chi connectivity index (χ0) is 18.0. The lowest BCUT2D eigenvalue weighted by Gasteiger charge is -2.06. The Kier molecular flexibility index (Phi) is 4.96. The van der Waals surface area contributed by atoms with E-state index >= 15 is 0 Å². The Bertz CT molecular complexity index is 930. The number of benzene rings is 1. The number of rotatable bonds is 3. The third-order valence-corrected chi connectivity index (χ3v) is 4.73. The van der Waals surface area contributed by atoms with Gasteiger partial charge in [-0.25, -0.2) is 4.98 Å². The molecule has 3 rings (SSSR count). The highest BCUT2D eigenvalue weighted by molar-refractivity contribution is 7.80. The second-order valence-electron chi connectivity index (χ2n) is 5.63. The molecule has 0 fully saturated rings. The van der Waals surface area contributed by atoms with Crippen LogP contribution >= 0.6 is 23.6 Å². The molecule has 5 nitrogen and oxygen atoms in total. The van der Waals surface area contributed by atoms with Crippen LogP contribution in [0.4, 0.5) is 5.13 Å². The minimum absolute atomic E-state index is 0.183. The van der Waals surface area contributed by atoms with Crippen LogP contribution in [0.5, 0.6) is 0 Å². The van der Waals surface area contributed by atoms with Crippen molar-refractivity contribution in [1.29, 1.82) is 0 Å². The highest BCUT2D eigenvalue weighted by atomic mass is 32.1. The number of carbonyl (C=O) groups excluding carboxylic acids is 1. The number of nitrogens with one attached hydrogen (secondary N) is 2. The number of aryl methyl sites for hydroxylation is 3. The molecule has 2 heterocycles. The fourth-order valence-electron chi connectivity index (χ4n) is 2.39. The van der Waals surface area contributed by atoms with E-state index in [1.807, 2.05) is 6.92 Å². The van der Waals surface area contributed by atoms with Crippen LogP contribution in [-0.2, 0) is 0 Å². The van der Waals surface area contributed by atoms with Crippen molar-refractivity contribution in [2.45, 2.75) is 20.8 Å². The summed E-state index contributed by atoms with van der Waals surface area (Å²) in [6, 6.07) is 9.51. The van der Waals surface area contributed by atoms with Crippen molar-refractivity contribution < 1.29 is 9.21 Å². The predicted molar refractivity (Wildman–Crippen MR) is 104 cm³/mol. The molecule has 0 saturated heterocycles. The summed E-state index contributed by atoms with van der Waals surface area (Å²) in [7, 11) is 0. The van der Waals surface area contributed by atoms with Gasteiger partial charge in [0.1, 0.15) is 0 Å². The smallest absolute Gasteiger partial charge is 0.293 e. The SMILES string of the molecule is Cc1ccc(C)c(-c2nc(NC(=S)NC(=O)c3ccco3)sc2C)c1. The van der Waals surface area contributed by atoms with Crippen LogP contribution < -0.4 is 10.6 Å². The van der Waals surface area contributed by atoms with Crippen LogP contribution in [0.2, 0.25) is 0 Å². The van der Waals surface area contributed by atoms with Gasteiger partial charge >= 0.3 is 0 Å². The maximum absolute atomic E-state index is 11.9. The van der Waals surface area contributed by atoms with Crippen LogP contribution in [0.25, 0.3) is 11.3 Å². The molecule has 0 aliphatic carbocycles. The van der Waals surface area contributed by atoms with Gasteiger partial charge in [0, 0.05) is 10.4 Å². The molecule has 0 radical (unpaired) electrons. The number of thiocarbonyl (C=S) groups is 1. The molecule has 0 aliphatic heterocycles. The lowest BCUT2D eigenvalue weighted by molar-refractivity contribution is 0.0950. The van der Waals surface area contributed by atoms with Crippen molar-refractivity contribution in [2.24, 2.45) is 0 Å². The summed E-state index contributed by atoms with van der Waals surface area (Å²) in [5, 5.41) is 6.36. The Morgan fingerprint density at radius 2 is 2.04 bits per heavy atom. The molecule has 2 N–H and O–H groups in total. The number of hydrogen-bond donors (Lipinski definition) is 2. The van der Waals surface area contributed by atoms with Gasteiger partial charge in [0.05, 0.1) is 12.0 Å². The van der Waals surface area contributed by atoms with Gasteiger partial charge in [-0.15, -0.1) is 11.3 Å². The lowest BCUT2D eigenvalue weighted by Crippen LogP contribution is -2.33. The number of thiazole rings is 1. The maximum Gasteiger partial charge on any atom is 0.293 e. The van der Waals surface area contributed by atoms with Crippen LogP contribution in [0.15, 0.2) is 41.0 Å². The van der Waals surface area contributed by atoms with Crippen molar-refractivity contribution in [1.82, 2.24) is 10.3 Å². The Morgan fingerprint density at radius 1 is 1.24 bits per heavy atom. The number of nitrogens with zero attached hydrogens (tertiary/aromatic N) is 1. The van der Waals surface area contributed by atoms with Gasteiger partial charge in [-0.2, -0.15) is 0 Å². The Balaban J connectivity index is 1.75. The molecule has 128 valence electrons. The van der Waals surface area contributed by atoms with E-state index in [1.54, 1.807) is 12.1 Å². The zero-order valence-corrected chi connectivity index (χ0v) is 15.7. The molecule has 0 spiro atoms. The van der Waals surface area contributed by atoms with Crippen LogP contribution in [0.1, 0.15) is 26.6 Å². The Hall–Kier alpha value is -2.51. The van der Waals surface area contributed by atoms with Gasteiger partial charge in [-0.3, -0.25) is 10.1 Å². The molecule has 7 heteroatoms. The molecule has 2 aromatic heterocycles. The number of furan rings is 1. The fourth-order valence-corrected chi connectivity index (χ4v) is 3.48. The Labute approximate surface area is 155 Å². The summed E-state index contributed by atoms with van der Waals surface area (Å²) in [6.07, 6.45) is 1.44. The average Bonchev–Trinajstić information content (AvgIpc) is 3.19. The average molecular weight is 371 g/mol. The number of aromatic nitrogens is 1. The van der Waals surface area contributed by atoms with Crippen LogP contribution in [0.3, 0.4) is 0 Å². The van der Waals surface area contributed by atoms with E-state index in [0.29, 0.717) is 5.13 Å². The van der Waals surface area contributed by atoms with Gasteiger partial charge < -0.3 is 9.73 Å². The monoisotopic (exact) mass is 371 g/mol. The third kappa shape index (κ3) is 3.94. The summed E-state index contributed by atoms with van der Waals surface area (Å²) < 4.78 is 5.04. The minimum atomic E-state index is -0.398. The van der Waals surface area contributed by atoms with Gasteiger partial charge in [-0.1, -0.05) is 17.7 Å². The van der Waals surface area contributed by atoms with Crippen molar-refractivity contribution in [3.8, 4) is 11.3 Å². The fraction of sp³-hybridized carbons (Fsp3) is 0.167. The standard InChI is InChI=1S/C18H17N3O2S2/c1-10-6-7-11(2)13(9-10)15-12(3)25-18(19-15)21-17(24)20-16(22)14-5-4-8-23-14/h4-9H,1-3H3,(H2,19,20,21,22,24). The molecule has 1 amide bonds. The van der Waals surface area contributed by atoms with Crippen molar-refractivity contribution in [2.75, 3.05) is 5.32 Å².